The first-order valence-corrected chi connectivity index (χ1v) is 10.8. The molecule has 1 fully saturated rings. The van der Waals surface area contributed by atoms with Crippen LogP contribution in [-0.2, 0) is 20.7 Å². The first kappa shape index (κ1) is 22.6. The van der Waals surface area contributed by atoms with Gasteiger partial charge in [0, 0.05) is 18.8 Å². The van der Waals surface area contributed by atoms with Gasteiger partial charge < -0.3 is 24.4 Å². The van der Waals surface area contributed by atoms with Gasteiger partial charge in [0.2, 0.25) is 0 Å². The number of benzene rings is 2. The van der Waals surface area contributed by atoms with Crippen LogP contribution in [0.1, 0.15) is 36.2 Å². The summed E-state index contributed by atoms with van der Waals surface area (Å²) in [4.78, 5) is 27.1. The first-order chi connectivity index (χ1) is 15.1. The molecule has 31 heavy (non-hydrogen) atoms. The molecule has 7 nitrogen and oxygen atoms in total. The highest BCUT2D eigenvalue weighted by molar-refractivity contribution is 5.99. The summed E-state index contributed by atoms with van der Waals surface area (Å²) < 4.78 is 16.3. The van der Waals surface area contributed by atoms with Crippen molar-refractivity contribution in [3.05, 3.63) is 53.6 Å². The zero-order chi connectivity index (χ0) is 22.1. The number of hydrogen-bond acceptors (Lipinski definition) is 6. The Kier molecular flexibility index (Phi) is 8.29. The number of nitrogens with one attached hydrogen (secondary N) is 1. The molecule has 0 aromatic heterocycles. The Bertz CT molecular complexity index is 876. The van der Waals surface area contributed by atoms with E-state index in [1.807, 2.05) is 37.3 Å². The third kappa shape index (κ3) is 6.46. The predicted octanol–water partition coefficient (Wildman–Crippen LogP) is 3.67. The fourth-order valence-electron chi connectivity index (χ4n) is 3.30. The van der Waals surface area contributed by atoms with Gasteiger partial charge >= 0.3 is 5.97 Å². The van der Waals surface area contributed by atoms with Crippen molar-refractivity contribution < 1.29 is 23.8 Å². The van der Waals surface area contributed by atoms with Crippen LogP contribution in [0.25, 0.3) is 0 Å². The van der Waals surface area contributed by atoms with E-state index in [2.05, 4.69) is 17.1 Å². The van der Waals surface area contributed by atoms with Crippen LogP contribution in [0.5, 0.6) is 5.75 Å². The zero-order valence-electron chi connectivity index (χ0n) is 18.2. The molecule has 1 saturated heterocycles. The van der Waals surface area contributed by atoms with Crippen molar-refractivity contribution in [1.29, 1.82) is 0 Å². The van der Waals surface area contributed by atoms with Gasteiger partial charge in [-0.15, -0.1) is 0 Å². The summed E-state index contributed by atoms with van der Waals surface area (Å²) in [5.41, 5.74) is 2.95. The number of hydrogen-bond donors (Lipinski definition) is 1. The van der Waals surface area contributed by atoms with Gasteiger partial charge in [-0.1, -0.05) is 26.0 Å². The number of amides is 1. The van der Waals surface area contributed by atoms with Crippen LogP contribution in [0.3, 0.4) is 0 Å². The van der Waals surface area contributed by atoms with Crippen LogP contribution in [0.15, 0.2) is 42.5 Å². The lowest BCUT2D eigenvalue weighted by Gasteiger charge is -2.30. The van der Waals surface area contributed by atoms with Crippen molar-refractivity contribution in [3.8, 4) is 5.75 Å². The second kappa shape index (κ2) is 11.4. The number of carbonyl (C=O) groups excluding carboxylic acids is 2. The van der Waals surface area contributed by atoms with Crippen molar-refractivity contribution >= 4 is 23.3 Å². The molecule has 0 spiro atoms. The van der Waals surface area contributed by atoms with E-state index in [-0.39, 0.29) is 12.5 Å². The second-order valence-electron chi connectivity index (χ2n) is 7.30. The maximum atomic E-state index is 12.7. The number of nitrogens with zero attached hydrogens (tertiary/aromatic N) is 1. The van der Waals surface area contributed by atoms with Crippen LogP contribution in [-0.4, -0.2) is 51.4 Å². The smallest absolute Gasteiger partial charge is 0.340 e. The number of aryl methyl sites for hydroxylation is 1. The van der Waals surface area contributed by atoms with E-state index in [1.165, 1.54) is 5.56 Å². The number of morpholine rings is 1. The summed E-state index contributed by atoms with van der Waals surface area (Å²) in [6.07, 6.45) is 1.69. The fourth-order valence-corrected chi connectivity index (χ4v) is 3.30. The highest BCUT2D eigenvalue weighted by atomic mass is 16.5. The third-order valence-electron chi connectivity index (χ3n) is 4.99. The van der Waals surface area contributed by atoms with Gasteiger partial charge in [-0.2, -0.15) is 0 Å². The van der Waals surface area contributed by atoms with Crippen molar-refractivity contribution in [2.24, 2.45) is 0 Å². The lowest BCUT2D eigenvalue weighted by Crippen LogP contribution is -2.37. The molecule has 7 heteroatoms. The van der Waals surface area contributed by atoms with Crippen LogP contribution < -0.4 is 15.0 Å². The topological polar surface area (TPSA) is 77.1 Å². The van der Waals surface area contributed by atoms with Gasteiger partial charge in [0.1, 0.15) is 5.75 Å². The third-order valence-corrected chi connectivity index (χ3v) is 4.99. The van der Waals surface area contributed by atoms with Gasteiger partial charge in [0.15, 0.2) is 6.61 Å². The molecule has 2 aromatic carbocycles. The molecule has 1 amide bonds. The minimum atomic E-state index is -0.397. The summed E-state index contributed by atoms with van der Waals surface area (Å²) in [5.74, 6) is -0.0582. The SMILES string of the molecule is CCCOC(=O)c1cc(NC(=O)COc2ccc(CC)cc2)ccc1N1CCOCC1. The molecule has 0 bridgehead atoms. The van der Waals surface area contributed by atoms with E-state index < -0.39 is 5.97 Å². The quantitative estimate of drug-likeness (QED) is 0.617. The molecule has 1 aliphatic rings. The molecule has 1 aliphatic heterocycles. The summed E-state index contributed by atoms with van der Waals surface area (Å²) in [7, 11) is 0. The van der Waals surface area contributed by atoms with Crippen molar-refractivity contribution in [3.63, 3.8) is 0 Å². The summed E-state index contributed by atoms with van der Waals surface area (Å²) in [5, 5.41) is 2.80. The Morgan fingerprint density at radius 3 is 2.48 bits per heavy atom. The van der Waals surface area contributed by atoms with E-state index in [1.54, 1.807) is 12.1 Å². The number of rotatable bonds is 9. The van der Waals surface area contributed by atoms with E-state index in [0.29, 0.717) is 49.9 Å². The summed E-state index contributed by atoms with van der Waals surface area (Å²) in [6.45, 7) is 6.88. The standard InChI is InChI=1S/C24H30N2O5/c1-3-13-30-24(28)21-16-19(7-10-22(21)26-11-14-29-15-12-26)25-23(27)17-31-20-8-5-18(4-2)6-9-20/h5-10,16H,3-4,11-15,17H2,1-2H3,(H,25,27). The molecule has 1 heterocycles. The minimum Gasteiger partial charge on any atom is -0.484 e. The van der Waals surface area contributed by atoms with E-state index >= 15 is 0 Å². The maximum Gasteiger partial charge on any atom is 0.340 e. The van der Waals surface area contributed by atoms with E-state index in [0.717, 1.165) is 18.5 Å². The monoisotopic (exact) mass is 426 g/mol. The van der Waals surface area contributed by atoms with Gasteiger partial charge in [-0.25, -0.2) is 4.79 Å². The number of carbonyl (C=O) groups is 2. The lowest BCUT2D eigenvalue weighted by atomic mass is 10.1. The molecule has 2 aromatic rings. The molecule has 1 N–H and O–H groups in total. The van der Waals surface area contributed by atoms with Gasteiger partial charge in [-0.3, -0.25) is 4.79 Å². The van der Waals surface area contributed by atoms with Gasteiger partial charge in [0.05, 0.1) is 31.1 Å². The van der Waals surface area contributed by atoms with Gasteiger partial charge in [-0.05, 0) is 48.7 Å². The minimum absolute atomic E-state index is 0.119. The molecule has 0 saturated carbocycles. The lowest BCUT2D eigenvalue weighted by molar-refractivity contribution is -0.118. The molecule has 0 unspecified atom stereocenters. The average Bonchev–Trinajstić information content (AvgIpc) is 2.82. The van der Waals surface area contributed by atoms with E-state index in [9.17, 15) is 9.59 Å². The highest BCUT2D eigenvalue weighted by Gasteiger charge is 2.21. The normalized spacial score (nSPS) is 13.5. The molecule has 3 rings (SSSR count). The number of esters is 1. The zero-order valence-corrected chi connectivity index (χ0v) is 18.2. The molecule has 166 valence electrons. The maximum absolute atomic E-state index is 12.7. The Hall–Kier alpha value is -3.06. The molecule has 0 atom stereocenters. The predicted molar refractivity (Wildman–Crippen MR) is 120 cm³/mol. The number of ether oxygens (including phenoxy) is 3. The van der Waals surface area contributed by atoms with Crippen LogP contribution in [0.2, 0.25) is 0 Å². The Labute approximate surface area is 183 Å². The summed E-state index contributed by atoms with van der Waals surface area (Å²) >= 11 is 0. The largest absolute Gasteiger partial charge is 0.484 e. The van der Waals surface area contributed by atoms with E-state index in [4.69, 9.17) is 14.2 Å². The fraction of sp³-hybridized carbons (Fsp3) is 0.417. The molecule has 0 radical (unpaired) electrons. The first-order valence-electron chi connectivity index (χ1n) is 10.8. The second-order valence-corrected chi connectivity index (χ2v) is 7.30. The van der Waals surface area contributed by atoms with Crippen molar-refractivity contribution in [2.45, 2.75) is 26.7 Å². The van der Waals surface area contributed by atoms with Crippen LogP contribution in [0, 0.1) is 0 Å². The Balaban J connectivity index is 1.67. The highest BCUT2D eigenvalue weighted by Crippen LogP contribution is 2.26. The van der Waals surface area contributed by atoms with Crippen molar-refractivity contribution in [1.82, 2.24) is 0 Å². The van der Waals surface area contributed by atoms with Crippen molar-refractivity contribution in [2.75, 3.05) is 49.7 Å². The number of anilines is 2. The summed E-state index contributed by atoms with van der Waals surface area (Å²) in [6, 6.07) is 13.0. The molecule has 0 aliphatic carbocycles. The molecular weight excluding hydrogens is 396 g/mol. The van der Waals surface area contributed by atoms with Crippen LogP contribution in [0.4, 0.5) is 11.4 Å². The van der Waals surface area contributed by atoms with Gasteiger partial charge in [0.25, 0.3) is 5.91 Å². The Morgan fingerprint density at radius 2 is 1.81 bits per heavy atom. The molecular formula is C24H30N2O5. The average molecular weight is 427 g/mol. The Morgan fingerprint density at radius 1 is 1.06 bits per heavy atom. The van der Waals surface area contributed by atoms with Crippen LogP contribution >= 0.6 is 0 Å².